The summed E-state index contributed by atoms with van der Waals surface area (Å²) in [6.45, 7) is 4.12. The number of rotatable bonds is 5. The maximum Gasteiger partial charge on any atom is 0.263 e. The van der Waals surface area contributed by atoms with Gasteiger partial charge in [0, 0.05) is 24.5 Å². The molecule has 0 amide bonds. The van der Waals surface area contributed by atoms with Crippen LogP contribution in [0.15, 0.2) is 41.4 Å². The van der Waals surface area contributed by atoms with Crippen molar-refractivity contribution in [3.63, 3.8) is 0 Å². The molecule has 0 saturated heterocycles. The molecule has 5 nitrogen and oxygen atoms in total. The van der Waals surface area contributed by atoms with Gasteiger partial charge in [0.15, 0.2) is 0 Å². The molecule has 0 aliphatic heterocycles. The zero-order valence-electron chi connectivity index (χ0n) is 11.9. The van der Waals surface area contributed by atoms with Crippen molar-refractivity contribution in [2.75, 3.05) is 4.72 Å². The molecule has 1 heterocycles. The summed E-state index contributed by atoms with van der Waals surface area (Å²) in [7, 11) is -3.77. The van der Waals surface area contributed by atoms with Crippen molar-refractivity contribution >= 4 is 15.7 Å². The van der Waals surface area contributed by atoms with Crippen molar-refractivity contribution in [1.29, 1.82) is 0 Å². The van der Waals surface area contributed by atoms with Crippen LogP contribution in [-0.2, 0) is 16.6 Å². The van der Waals surface area contributed by atoms with E-state index >= 15 is 0 Å². The number of anilines is 1. The Kier molecular flexibility index (Phi) is 4.34. The summed E-state index contributed by atoms with van der Waals surface area (Å²) in [5, 5.41) is 0. The largest absolute Gasteiger partial charge is 0.346 e. The normalized spacial score (nSPS) is 11.9. The minimum Gasteiger partial charge on any atom is -0.346 e. The van der Waals surface area contributed by atoms with Crippen LogP contribution in [0.25, 0.3) is 0 Å². The van der Waals surface area contributed by atoms with Crippen LogP contribution < -0.4 is 10.5 Å². The molecule has 114 valence electrons. The first-order valence-corrected chi connectivity index (χ1v) is 8.01. The zero-order chi connectivity index (χ0) is 15.6. The van der Waals surface area contributed by atoms with E-state index in [2.05, 4.69) is 4.72 Å². The van der Waals surface area contributed by atoms with Gasteiger partial charge in [-0.2, -0.15) is 0 Å². The van der Waals surface area contributed by atoms with Crippen LogP contribution in [0.2, 0.25) is 0 Å². The molecular weight excluding hydrogens is 293 g/mol. The molecule has 0 aliphatic carbocycles. The van der Waals surface area contributed by atoms with E-state index < -0.39 is 15.8 Å². The van der Waals surface area contributed by atoms with Crippen LogP contribution >= 0.6 is 0 Å². The van der Waals surface area contributed by atoms with Crippen LogP contribution in [0.1, 0.15) is 25.6 Å². The second-order valence-electron chi connectivity index (χ2n) is 4.99. The summed E-state index contributed by atoms with van der Waals surface area (Å²) in [4.78, 5) is 0.112. The Morgan fingerprint density at radius 1 is 1.33 bits per heavy atom. The van der Waals surface area contributed by atoms with E-state index in [1.54, 1.807) is 4.57 Å². The second-order valence-corrected chi connectivity index (χ2v) is 6.67. The number of nitrogens with one attached hydrogen (secondary N) is 1. The molecule has 0 atom stereocenters. The van der Waals surface area contributed by atoms with Crippen molar-refractivity contribution in [2.24, 2.45) is 5.73 Å². The third kappa shape index (κ3) is 3.43. The lowest BCUT2D eigenvalue weighted by molar-refractivity contribution is 0.573. The van der Waals surface area contributed by atoms with Crippen LogP contribution in [0, 0.1) is 5.82 Å². The molecule has 0 radical (unpaired) electrons. The van der Waals surface area contributed by atoms with Crippen molar-refractivity contribution in [2.45, 2.75) is 31.3 Å². The highest BCUT2D eigenvalue weighted by molar-refractivity contribution is 7.92. The van der Waals surface area contributed by atoms with Crippen LogP contribution in [0.4, 0.5) is 10.1 Å². The monoisotopic (exact) mass is 311 g/mol. The molecule has 1 aromatic carbocycles. The van der Waals surface area contributed by atoms with Gasteiger partial charge in [-0.3, -0.25) is 4.72 Å². The summed E-state index contributed by atoms with van der Waals surface area (Å²) in [5.74, 6) is -0.502. The third-order valence-corrected chi connectivity index (χ3v) is 4.41. The summed E-state index contributed by atoms with van der Waals surface area (Å²) in [6.07, 6.45) is 1.54. The highest BCUT2D eigenvalue weighted by Crippen LogP contribution is 2.21. The quantitative estimate of drug-likeness (QED) is 0.890. The van der Waals surface area contributed by atoms with Crippen LogP contribution in [0.3, 0.4) is 0 Å². The predicted molar refractivity (Wildman–Crippen MR) is 79.9 cm³/mol. The van der Waals surface area contributed by atoms with Gasteiger partial charge in [0.05, 0.1) is 5.69 Å². The average molecular weight is 311 g/mol. The molecule has 0 fully saturated rings. The highest BCUT2D eigenvalue weighted by Gasteiger charge is 2.19. The molecule has 1 aromatic heterocycles. The molecule has 0 unspecified atom stereocenters. The summed E-state index contributed by atoms with van der Waals surface area (Å²) in [6, 6.07) is 6.94. The van der Waals surface area contributed by atoms with Gasteiger partial charge in [0.25, 0.3) is 10.0 Å². The molecule has 3 N–H and O–H groups in total. The van der Waals surface area contributed by atoms with Crippen molar-refractivity contribution < 1.29 is 12.8 Å². The van der Waals surface area contributed by atoms with Gasteiger partial charge in [-0.05, 0) is 38.1 Å². The van der Waals surface area contributed by atoms with E-state index in [1.165, 1.54) is 30.5 Å². The van der Waals surface area contributed by atoms with Gasteiger partial charge in [0.2, 0.25) is 0 Å². The maximum atomic E-state index is 13.1. The minimum atomic E-state index is -3.77. The summed E-state index contributed by atoms with van der Waals surface area (Å²) in [5.41, 5.74) is 6.54. The van der Waals surface area contributed by atoms with Crippen molar-refractivity contribution in [3.05, 3.63) is 48.0 Å². The van der Waals surface area contributed by atoms with Gasteiger partial charge in [0.1, 0.15) is 10.7 Å². The molecule has 0 aliphatic rings. The Morgan fingerprint density at radius 2 is 2.05 bits per heavy atom. The first-order chi connectivity index (χ1) is 9.83. The molecule has 0 spiro atoms. The Labute approximate surface area is 123 Å². The van der Waals surface area contributed by atoms with Gasteiger partial charge in [-0.25, -0.2) is 12.8 Å². The smallest absolute Gasteiger partial charge is 0.263 e. The molecule has 0 bridgehead atoms. The SMILES string of the molecule is CC(C)n1cc(S(=O)(=O)Nc2cccc(F)c2)cc1CN. The number of hydrogen-bond donors (Lipinski definition) is 2. The fourth-order valence-electron chi connectivity index (χ4n) is 2.05. The van der Waals surface area contributed by atoms with Gasteiger partial charge >= 0.3 is 0 Å². The van der Waals surface area contributed by atoms with Crippen molar-refractivity contribution in [3.8, 4) is 0 Å². The average Bonchev–Trinajstić information content (AvgIpc) is 2.83. The first kappa shape index (κ1) is 15.5. The van der Waals surface area contributed by atoms with Gasteiger partial charge in [-0.15, -0.1) is 0 Å². The van der Waals surface area contributed by atoms with Gasteiger partial charge < -0.3 is 10.3 Å². The first-order valence-electron chi connectivity index (χ1n) is 6.52. The number of hydrogen-bond acceptors (Lipinski definition) is 3. The molecule has 2 rings (SSSR count). The second kappa shape index (κ2) is 5.87. The number of nitrogens with zero attached hydrogens (tertiary/aromatic N) is 1. The minimum absolute atomic E-state index is 0.0988. The Morgan fingerprint density at radius 3 is 2.57 bits per heavy atom. The molecule has 21 heavy (non-hydrogen) atoms. The lowest BCUT2D eigenvalue weighted by atomic mass is 10.3. The predicted octanol–water partition coefficient (Wildman–Crippen LogP) is 2.47. The lowest BCUT2D eigenvalue weighted by Gasteiger charge is -2.10. The Balaban J connectivity index is 2.36. The van der Waals surface area contributed by atoms with Gasteiger partial charge in [-0.1, -0.05) is 6.07 Å². The van der Waals surface area contributed by atoms with E-state index in [0.717, 1.165) is 11.8 Å². The maximum absolute atomic E-state index is 13.1. The van der Waals surface area contributed by atoms with Crippen molar-refractivity contribution in [1.82, 2.24) is 4.57 Å². The zero-order valence-corrected chi connectivity index (χ0v) is 12.7. The summed E-state index contributed by atoms with van der Waals surface area (Å²) >= 11 is 0. The van der Waals surface area contributed by atoms with E-state index in [1.807, 2.05) is 13.8 Å². The van der Waals surface area contributed by atoms with E-state index in [9.17, 15) is 12.8 Å². The fraction of sp³-hybridized carbons (Fsp3) is 0.286. The number of aromatic nitrogens is 1. The topological polar surface area (TPSA) is 77.1 Å². The number of halogens is 1. The number of sulfonamides is 1. The number of benzene rings is 1. The van der Waals surface area contributed by atoms with E-state index in [-0.39, 0.29) is 23.2 Å². The third-order valence-electron chi connectivity index (χ3n) is 3.06. The Bertz CT molecular complexity index is 738. The number of nitrogens with two attached hydrogens (primary N) is 1. The highest BCUT2D eigenvalue weighted by atomic mass is 32.2. The van der Waals surface area contributed by atoms with Crippen LogP contribution in [-0.4, -0.2) is 13.0 Å². The fourth-order valence-corrected chi connectivity index (χ4v) is 3.15. The summed E-state index contributed by atoms with van der Waals surface area (Å²) < 4.78 is 41.9. The Hall–Kier alpha value is -1.86. The van der Waals surface area contributed by atoms with E-state index in [4.69, 9.17) is 5.73 Å². The molecular formula is C14H18FN3O2S. The molecule has 0 saturated carbocycles. The van der Waals surface area contributed by atoms with E-state index in [0.29, 0.717) is 0 Å². The lowest BCUT2D eigenvalue weighted by Crippen LogP contribution is -2.12. The van der Waals surface area contributed by atoms with Crippen LogP contribution in [0.5, 0.6) is 0 Å². The molecule has 7 heteroatoms. The molecule has 2 aromatic rings. The standard InChI is InChI=1S/C14H18FN3O2S/c1-10(2)18-9-14(7-13(18)8-16)21(19,20)17-12-5-3-4-11(15)6-12/h3-7,9-10,17H,8,16H2,1-2H3.